The maximum absolute atomic E-state index is 13.5. The lowest BCUT2D eigenvalue weighted by molar-refractivity contribution is 0.0955. The molecule has 5 rings (SSSR count). The van der Waals surface area contributed by atoms with E-state index < -0.39 is 19.9 Å². The first-order chi connectivity index (χ1) is 18.9. The van der Waals surface area contributed by atoms with Gasteiger partial charge < -0.3 is 10.1 Å². The first-order valence-corrected chi connectivity index (χ1v) is 16.0. The topological polar surface area (TPSA) is 163 Å². The zero-order chi connectivity index (χ0) is 28.7. The third-order valence-electron chi connectivity index (χ3n) is 6.97. The summed E-state index contributed by atoms with van der Waals surface area (Å²) in [4.78, 5) is 18.4. The van der Waals surface area contributed by atoms with Gasteiger partial charge in [0.2, 0.25) is 10.0 Å². The van der Waals surface area contributed by atoms with E-state index in [0.717, 1.165) is 11.1 Å². The molecule has 1 unspecified atom stereocenters. The van der Waals surface area contributed by atoms with Gasteiger partial charge in [0, 0.05) is 12.1 Å². The molecule has 0 radical (unpaired) electrons. The van der Waals surface area contributed by atoms with Crippen LogP contribution in [0.15, 0.2) is 59.5 Å². The van der Waals surface area contributed by atoms with Gasteiger partial charge in [-0.3, -0.25) is 4.79 Å². The molecule has 3 heterocycles. The summed E-state index contributed by atoms with van der Waals surface area (Å²) in [7, 11) is -5.37. The second kappa shape index (κ2) is 10.6. The number of sulfone groups is 1. The highest BCUT2D eigenvalue weighted by atomic mass is 32.2. The van der Waals surface area contributed by atoms with Gasteiger partial charge in [-0.2, -0.15) is 5.10 Å². The molecule has 1 aliphatic heterocycles. The SMILES string of the molecule is COc1ccc(-c2cc(C(=O)NCCc3ccc(S(N)(=O)=O)cc3)c3c(C)nn(C4CCS(=O)(=O)C4)c3n2)cc1. The molecule has 1 atom stereocenters. The summed E-state index contributed by atoms with van der Waals surface area (Å²) < 4.78 is 54.3. The number of hydrogen-bond donors (Lipinski definition) is 2. The number of fused-ring (bicyclic) bond motifs is 1. The lowest BCUT2D eigenvalue weighted by Gasteiger charge is -2.13. The lowest BCUT2D eigenvalue weighted by atomic mass is 10.0. The van der Waals surface area contributed by atoms with Crippen LogP contribution in [0, 0.1) is 6.92 Å². The Morgan fingerprint density at radius 2 is 1.85 bits per heavy atom. The fraction of sp³-hybridized carbons (Fsp3) is 0.296. The van der Waals surface area contributed by atoms with Crippen molar-refractivity contribution in [1.29, 1.82) is 0 Å². The lowest BCUT2D eigenvalue weighted by Crippen LogP contribution is -2.26. The normalized spacial score (nSPS) is 16.7. The van der Waals surface area contributed by atoms with Crippen LogP contribution in [0.3, 0.4) is 0 Å². The first-order valence-electron chi connectivity index (χ1n) is 12.6. The largest absolute Gasteiger partial charge is 0.497 e. The number of aryl methyl sites for hydroxylation is 1. The summed E-state index contributed by atoms with van der Waals surface area (Å²) in [5.41, 5.74) is 3.55. The third-order valence-corrected chi connectivity index (χ3v) is 9.65. The third kappa shape index (κ3) is 5.71. The number of carbonyl (C=O) groups is 1. The van der Waals surface area contributed by atoms with Gasteiger partial charge in [0.25, 0.3) is 5.91 Å². The van der Waals surface area contributed by atoms with Gasteiger partial charge in [0.15, 0.2) is 15.5 Å². The van der Waals surface area contributed by atoms with Gasteiger partial charge in [-0.1, -0.05) is 12.1 Å². The van der Waals surface area contributed by atoms with Gasteiger partial charge in [0.1, 0.15) is 5.75 Å². The smallest absolute Gasteiger partial charge is 0.252 e. The van der Waals surface area contributed by atoms with Crippen molar-refractivity contribution in [3.05, 3.63) is 71.4 Å². The molecule has 2 aromatic carbocycles. The molecule has 1 aliphatic rings. The van der Waals surface area contributed by atoms with Crippen LogP contribution in [0.2, 0.25) is 0 Å². The van der Waals surface area contributed by atoms with Crippen LogP contribution in [0.4, 0.5) is 0 Å². The van der Waals surface area contributed by atoms with Gasteiger partial charge in [-0.15, -0.1) is 0 Å². The number of benzene rings is 2. The van der Waals surface area contributed by atoms with E-state index in [9.17, 15) is 21.6 Å². The number of methoxy groups -OCH3 is 1. The van der Waals surface area contributed by atoms with Crippen LogP contribution in [0.5, 0.6) is 5.75 Å². The fourth-order valence-corrected chi connectivity index (χ4v) is 7.09. The molecule has 3 N–H and O–H groups in total. The van der Waals surface area contributed by atoms with Crippen molar-refractivity contribution < 1.29 is 26.4 Å². The zero-order valence-electron chi connectivity index (χ0n) is 22.0. The molecule has 40 heavy (non-hydrogen) atoms. The average Bonchev–Trinajstić information content (AvgIpc) is 3.46. The van der Waals surface area contributed by atoms with E-state index in [1.54, 1.807) is 49.0 Å². The van der Waals surface area contributed by atoms with Crippen molar-refractivity contribution >= 4 is 36.8 Å². The summed E-state index contributed by atoms with van der Waals surface area (Å²) in [6.07, 6.45) is 0.896. The number of primary sulfonamides is 1. The summed E-state index contributed by atoms with van der Waals surface area (Å²) in [6, 6.07) is 14.8. The minimum Gasteiger partial charge on any atom is -0.497 e. The first kappa shape index (κ1) is 27.7. The van der Waals surface area contributed by atoms with Gasteiger partial charge in [-0.05, 0) is 67.8 Å². The van der Waals surface area contributed by atoms with Gasteiger partial charge in [-0.25, -0.2) is 31.6 Å². The van der Waals surface area contributed by atoms with Crippen LogP contribution < -0.4 is 15.2 Å². The zero-order valence-corrected chi connectivity index (χ0v) is 23.6. The minimum absolute atomic E-state index is 0.0214. The molecule has 0 bridgehead atoms. The number of pyridine rings is 1. The van der Waals surface area contributed by atoms with Gasteiger partial charge in [0.05, 0.1) is 51.9 Å². The van der Waals surface area contributed by atoms with Crippen molar-refractivity contribution in [1.82, 2.24) is 20.1 Å². The molecular formula is C27H29N5O6S2. The Bertz CT molecular complexity index is 1800. The van der Waals surface area contributed by atoms with E-state index in [-0.39, 0.29) is 28.4 Å². The van der Waals surface area contributed by atoms with E-state index in [0.29, 0.717) is 53.1 Å². The summed E-state index contributed by atoms with van der Waals surface area (Å²) >= 11 is 0. The van der Waals surface area contributed by atoms with Crippen molar-refractivity contribution in [2.24, 2.45) is 5.14 Å². The molecule has 1 saturated heterocycles. The number of ether oxygens (including phenoxy) is 1. The Balaban J connectivity index is 1.48. The van der Waals surface area contributed by atoms with Crippen LogP contribution in [-0.2, 0) is 26.3 Å². The molecule has 1 amide bonds. The van der Waals surface area contributed by atoms with E-state index >= 15 is 0 Å². The number of rotatable bonds is 8. The molecular weight excluding hydrogens is 554 g/mol. The Morgan fingerprint density at radius 3 is 2.45 bits per heavy atom. The molecule has 11 nitrogen and oxygen atoms in total. The van der Waals surface area contributed by atoms with Crippen LogP contribution in [0.1, 0.15) is 34.1 Å². The Hall–Kier alpha value is -3.81. The van der Waals surface area contributed by atoms with Crippen LogP contribution >= 0.6 is 0 Å². The van der Waals surface area contributed by atoms with Crippen LogP contribution in [0.25, 0.3) is 22.3 Å². The predicted octanol–water partition coefficient (Wildman–Crippen LogP) is 2.39. The molecule has 0 spiro atoms. The van der Waals surface area contributed by atoms with Crippen LogP contribution in [-0.4, -0.2) is 62.7 Å². The Labute approximate surface area is 232 Å². The standard InChI is InChI=1S/C27H29N5O6S2/c1-17-25-23(27(33)29-13-11-18-3-9-22(10-4-18)40(28,36)37)15-24(19-5-7-21(38-2)8-6-19)30-26(25)32(31-17)20-12-14-39(34,35)16-20/h3-10,15,20H,11-14,16H2,1-2H3,(H,29,33)(H2,28,36,37). The number of carbonyl (C=O) groups excluding carboxylic acids is 1. The molecule has 4 aromatic rings. The molecule has 0 saturated carbocycles. The van der Waals surface area contributed by atoms with Gasteiger partial charge >= 0.3 is 0 Å². The predicted molar refractivity (Wildman–Crippen MR) is 150 cm³/mol. The number of hydrogen-bond acceptors (Lipinski definition) is 8. The fourth-order valence-electron chi connectivity index (χ4n) is 4.89. The molecule has 13 heteroatoms. The maximum Gasteiger partial charge on any atom is 0.252 e. The second-order valence-corrected chi connectivity index (χ2v) is 13.6. The van der Waals surface area contributed by atoms with Crippen molar-refractivity contribution in [3.8, 4) is 17.0 Å². The van der Waals surface area contributed by atoms with E-state index in [4.69, 9.17) is 14.9 Å². The summed E-state index contributed by atoms with van der Waals surface area (Å²) in [5.74, 6) is 0.410. The number of amides is 1. The molecule has 1 fully saturated rings. The monoisotopic (exact) mass is 583 g/mol. The Morgan fingerprint density at radius 1 is 1.15 bits per heavy atom. The number of sulfonamides is 1. The molecule has 210 valence electrons. The number of nitrogens with one attached hydrogen (secondary N) is 1. The van der Waals surface area contributed by atoms with E-state index in [1.807, 2.05) is 12.1 Å². The second-order valence-electron chi connectivity index (χ2n) is 9.76. The quantitative estimate of drug-likeness (QED) is 0.319. The van der Waals surface area contributed by atoms with E-state index in [1.165, 1.54) is 12.1 Å². The molecule has 0 aliphatic carbocycles. The highest BCUT2D eigenvalue weighted by Crippen LogP contribution is 2.32. The average molecular weight is 584 g/mol. The maximum atomic E-state index is 13.5. The molecule has 2 aromatic heterocycles. The number of nitrogens with zero attached hydrogens (tertiary/aromatic N) is 3. The van der Waals surface area contributed by atoms with Crippen molar-refractivity contribution in [2.45, 2.75) is 30.7 Å². The number of nitrogens with two attached hydrogens (primary N) is 1. The Kier molecular flexibility index (Phi) is 7.38. The van der Waals surface area contributed by atoms with Crippen molar-refractivity contribution in [2.75, 3.05) is 25.2 Å². The van der Waals surface area contributed by atoms with E-state index in [2.05, 4.69) is 10.4 Å². The highest BCUT2D eigenvalue weighted by molar-refractivity contribution is 7.91. The number of aromatic nitrogens is 3. The minimum atomic E-state index is -3.78. The summed E-state index contributed by atoms with van der Waals surface area (Å²) in [5, 5.41) is 13.3. The summed E-state index contributed by atoms with van der Waals surface area (Å²) in [6.45, 7) is 2.07. The highest BCUT2D eigenvalue weighted by Gasteiger charge is 2.32. The van der Waals surface area contributed by atoms with Crippen molar-refractivity contribution in [3.63, 3.8) is 0 Å².